The molecule has 0 bridgehead atoms. The van der Waals surface area contributed by atoms with Gasteiger partial charge >= 0.3 is 0 Å². The van der Waals surface area contributed by atoms with Gasteiger partial charge in [0.1, 0.15) is 12.4 Å². The average molecular weight is 439 g/mol. The summed E-state index contributed by atoms with van der Waals surface area (Å²) in [7, 11) is 0. The third-order valence-corrected chi connectivity index (χ3v) is 5.14. The third-order valence-electron chi connectivity index (χ3n) is 5.14. The summed E-state index contributed by atoms with van der Waals surface area (Å²) in [6, 6.07) is 21.3. The Bertz CT molecular complexity index is 1340. The van der Waals surface area contributed by atoms with Crippen molar-refractivity contribution in [2.24, 2.45) is 5.10 Å². The number of aromatic nitrogens is 1. The molecule has 7 heteroatoms. The van der Waals surface area contributed by atoms with E-state index in [9.17, 15) is 4.79 Å². The van der Waals surface area contributed by atoms with Gasteiger partial charge in [-0.2, -0.15) is 5.10 Å². The first-order chi connectivity index (χ1) is 16.2. The molecule has 2 heterocycles. The van der Waals surface area contributed by atoms with Gasteiger partial charge < -0.3 is 19.2 Å². The van der Waals surface area contributed by atoms with E-state index in [2.05, 4.69) is 15.5 Å². The molecule has 2 N–H and O–H groups in total. The lowest BCUT2D eigenvalue weighted by Gasteiger charge is -2.06. The summed E-state index contributed by atoms with van der Waals surface area (Å²) in [4.78, 5) is 15.3. The van der Waals surface area contributed by atoms with Gasteiger partial charge in [0, 0.05) is 34.8 Å². The van der Waals surface area contributed by atoms with Crippen LogP contribution < -0.4 is 19.6 Å². The number of H-pyrrole nitrogens is 1. The second-order valence-corrected chi connectivity index (χ2v) is 7.41. The fraction of sp³-hybridized carbons (Fsp3) is 0.0769. The predicted octanol–water partition coefficient (Wildman–Crippen LogP) is 4.64. The fourth-order valence-electron chi connectivity index (χ4n) is 3.46. The maximum absolute atomic E-state index is 12.1. The highest BCUT2D eigenvalue weighted by Crippen LogP contribution is 2.32. The van der Waals surface area contributed by atoms with E-state index in [1.165, 1.54) is 6.08 Å². The molecule has 1 aliphatic heterocycles. The molecule has 5 rings (SSSR count). The molecule has 0 saturated carbocycles. The smallest absolute Gasteiger partial charge is 0.264 e. The summed E-state index contributed by atoms with van der Waals surface area (Å²) in [5.41, 5.74) is 6.24. The molecule has 0 unspecified atom stereocenters. The normalized spacial score (nSPS) is 12.6. The quantitative estimate of drug-likeness (QED) is 0.250. The Morgan fingerprint density at radius 1 is 1.06 bits per heavy atom. The minimum Gasteiger partial charge on any atom is -0.489 e. The molecule has 0 atom stereocenters. The van der Waals surface area contributed by atoms with Crippen molar-refractivity contribution in [1.82, 2.24) is 10.4 Å². The van der Waals surface area contributed by atoms with E-state index in [-0.39, 0.29) is 12.7 Å². The number of rotatable bonds is 7. The van der Waals surface area contributed by atoms with E-state index >= 15 is 0 Å². The average Bonchev–Trinajstić information content (AvgIpc) is 3.48. The number of ether oxygens (including phenoxy) is 3. The second-order valence-electron chi connectivity index (χ2n) is 7.41. The van der Waals surface area contributed by atoms with E-state index in [4.69, 9.17) is 14.2 Å². The van der Waals surface area contributed by atoms with Gasteiger partial charge in [0.15, 0.2) is 11.5 Å². The number of carbonyl (C=O) groups excluding carboxylic acids is 1. The summed E-state index contributed by atoms with van der Waals surface area (Å²) in [5, 5.41) is 5.04. The molecule has 1 aliphatic rings. The number of hydrogen-bond acceptors (Lipinski definition) is 5. The minimum atomic E-state index is -0.333. The predicted molar refractivity (Wildman–Crippen MR) is 126 cm³/mol. The van der Waals surface area contributed by atoms with Crippen molar-refractivity contribution in [3.8, 4) is 17.2 Å². The standard InChI is InChI=1S/C26H21N3O4/c30-26(11-7-18-6-10-24-25(12-18)33-17-32-24)29-28-15-20-14-27-23-13-21(8-9-22(20)23)31-16-19-4-2-1-3-5-19/h1-15,27H,16-17H2,(H,29,30). The highest BCUT2D eigenvalue weighted by Gasteiger charge is 2.12. The third kappa shape index (κ3) is 4.88. The largest absolute Gasteiger partial charge is 0.489 e. The molecule has 1 aromatic heterocycles. The van der Waals surface area contributed by atoms with Crippen molar-refractivity contribution >= 4 is 29.1 Å². The fourth-order valence-corrected chi connectivity index (χ4v) is 3.46. The molecule has 33 heavy (non-hydrogen) atoms. The van der Waals surface area contributed by atoms with Gasteiger partial charge in [-0.3, -0.25) is 4.79 Å². The van der Waals surface area contributed by atoms with Crippen LogP contribution in [0.3, 0.4) is 0 Å². The van der Waals surface area contributed by atoms with Crippen molar-refractivity contribution in [2.45, 2.75) is 6.61 Å². The van der Waals surface area contributed by atoms with Gasteiger partial charge in [-0.15, -0.1) is 0 Å². The first-order valence-corrected chi connectivity index (χ1v) is 10.4. The summed E-state index contributed by atoms with van der Waals surface area (Å²) in [6.07, 6.45) is 6.55. The minimum absolute atomic E-state index is 0.216. The van der Waals surface area contributed by atoms with Crippen LogP contribution in [0.4, 0.5) is 0 Å². The molecule has 4 aromatic rings. The second kappa shape index (κ2) is 9.32. The first-order valence-electron chi connectivity index (χ1n) is 10.4. The van der Waals surface area contributed by atoms with Crippen LogP contribution in [-0.2, 0) is 11.4 Å². The van der Waals surface area contributed by atoms with Crippen LogP contribution in [0, 0.1) is 0 Å². The Balaban J connectivity index is 1.18. The molecule has 164 valence electrons. The summed E-state index contributed by atoms with van der Waals surface area (Å²) < 4.78 is 16.5. The molecule has 1 amide bonds. The molecule has 0 fully saturated rings. The van der Waals surface area contributed by atoms with Crippen molar-refractivity contribution in [3.05, 3.63) is 95.7 Å². The zero-order valence-electron chi connectivity index (χ0n) is 17.7. The van der Waals surface area contributed by atoms with Crippen molar-refractivity contribution < 1.29 is 19.0 Å². The van der Waals surface area contributed by atoms with Gasteiger partial charge in [-0.1, -0.05) is 36.4 Å². The monoisotopic (exact) mass is 439 g/mol. The molecule has 0 saturated heterocycles. The van der Waals surface area contributed by atoms with Crippen LogP contribution in [0.15, 0.2) is 84.1 Å². The van der Waals surface area contributed by atoms with Crippen LogP contribution in [0.5, 0.6) is 17.2 Å². The molecule has 3 aromatic carbocycles. The van der Waals surface area contributed by atoms with Crippen molar-refractivity contribution in [2.75, 3.05) is 6.79 Å². The molecule has 7 nitrogen and oxygen atoms in total. The van der Waals surface area contributed by atoms with Crippen molar-refractivity contribution in [3.63, 3.8) is 0 Å². The summed E-state index contributed by atoms with van der Waals surface area (Å²) in [5.74, 6) is 1.82. The Kier molecular flexibility index (Phi) is 5.75. The van der Waals surface area contributed by atoms with Crippen LogP contribution in [0.25, 0.3) is 17.0 Å². The zero-order valence-corrected chi connectivity index (χ0v) is 17.7. The van der Waals surface area contributed by atoms with E-state index in [0.29, 0.717) is 18.1 Å². The van der Waals surface area contributed by atoms with Crippen molar-refractivity contribution in [1.29, 1.82) is 0 Å². The van der Waals surface area contributed by atoms with E-state index in [0.717, 1.165) is 33.3 Å². The first kappa shape index (κ1) is 20.4. The SMILES string of the molecule is O=C(C=Cc1ccc2c(c1)OCO2)NN=Cc1c[nH]c2cc(OCc3ccccc3)ccc12. The van der Waals surface area contributed by atoms with Gasteiger partial charge in [0.05, 0.1) is 6.21 Å². The Morgan fingerprint density at radius 3 is 2.85 bits per heavy atom. The number of benzene rings is 3. The number of hydrogen-bond donors (Lipinski definition) is 2. The molecular weight excluding hydrogens is 418 g/mol. The number of fused-ring (bicyclic) bond motifs is 2. The Labute approximate surface area is 190 Å². The highest BCUT2D eigenvalue weighted by molar-refractivity contribution is 6.00. The van der Waals surface area contributed by atoms with E-state index in [1.54, 1.807) is 12.3 Å². The lowest BCUT2D eigenvalue weighted by atomic mass is 10.2. The molecular formula is C26H21N3O4. The van der Waals surface area contributed by atoms with Crippen LogP contribution in [0.1, 0.15) is 16.7 Å². The van der Waals surface area contributed by atoms with Crippen LogP contribution in [0.2, 0.25) is 0 Å². The molecule has 0 spiro atoms. The topological polar surface area (TPSA) is 84.9 Å². The zero-order chi connectivity index (χ0) is 22.5. The van der Waals surface area contributed by atoms with Gasteiger partial charge in [0.2, 0.25) is 6.79 Å². The maximum atomic E-state index is 12.1. The van der Waals surface area contributed by atoms with Gasteiger partial charge in [-0.05, 0) is 41.5 Å². The number of carbonyl (C=O) groups is 1. The molecule has 0 aliphatic carbocycles. The Hall–Kier alpha value is -4.52. The van der Waals surface area contributed by atoms with E-state index in [1.807, 2.05) is 72.9 Å². The molecule has 0 radical (unpaired) electrons. The highest BCUT2D eigenvalue weighted by atomic mass is 16.7. The Morgan fingerprint density at radius 2 is 1.94 bits per heavy atom. The number of nitrogens with one attached hydrogen (secondary N) is 2. The number of hydrazone groups is 1. The van der Waals surface area contributed by atoms with Crippen LogP contribution in [-0.4, -0.2) is 23.9 Å². The number of amides is 1. The lowest BCUT2D eigenvalue weighted by Crippen LogP contribution is -2.13. The van der Waals surface area contributed by atoms with Gasteiger partial charge in [0.25, 0.3) is 5.91 Å². The summed E-state index contributed by atoms with van der Waals surface area (Å²) in [6.45, 7) is 0.723. The lowest BCUT2D eigenvalue weighted by molar-refractivity contribution is -0.116. The summed E-state index contributed by atoms with van der Waals surface area (Å²) >= 11 is 0. The maximum Gasteiger partial charge on any atom is 0.264 e. The number of nitrogens with zero attached hydrogens (tertiary/aromatic N) is 1. The van der Waals surface area contributed by atoms with Gasteiger partial charge in [-0.25, -0.2) is 5.43 Å². The van der Waals surface area contributed by atoms with Crippen LogP contribution >= 0.6 is 0 Å². The van der Waals surface area contributed by atoms with E-state index < -0.39 is 0 Å². The number of aromatic amines is 1.